The van der Waals surface area contributed by atoms with Crippen LogP contribution in [0.25, 0.3) is 0 Å². The number of nitrogens with one attached hydrogen (secondary N) is 1. The number of sulfonamides is 1. The molecule has 0 radical (unpaired) electrons. The van der Waals surface area contributed by atoms with Crippen LogP contribution in [0.2, 0.25) is 0 Å². The molecule has 0 atom stereocenters. The highest BCUT2D eigenvalue weighted by molar-refractivity contribution is 7.89. The van der Waals surface area contributed by atoms with E-state index in [-0.39, 0.29) is 22.3 Å². The molecule has 0 aliphatic heterocycles. The molecular formula is C12H17N3O4S. The zero-order valence-electron chi connectivity index (χ0n) is 11.4. The van der Waals surface area contributed by atoms with Gasteiger partial charge in [0.2, 0.25) is 10.0 Å². The van der Waals surface area contributed by atoms with Crippen molar-refractivity contribution >= 4 is 21.4 Å². The van der Waals surface area contributed by atoms with Crippen LogP contribution >= 0.6 is 0 Å². The lowest BCUT2D eigenvalue weighted by molar-refractivity contribution is -0.384. The number of hydrogen-bond donors (Lipinski definition) is 1. The van der Waals surface area contributed by atoms with Crippen LogP contribution in [0.3, 0.4) is 0 Å². The summed E-state index contributed by atoms with van der Waals surface area (Å²) in [6.45, 7) is 2.27. The minimum absolute atomic E-state index is 0.0535. The van der Waals surface area contributed by atoms with Gasteiger partial charge in [0, 0.05) is 25.7 Å². The Morgan fingerprint density at radius 1 is 1.45 bits per heavy atom. The molecule has 2 rings (SSSR count). The summed E-state index contributed by atoms with van der Waals surface area (Å²) in [4.78, 5) is 10.5. The zero-order valence-corrected chi connectivity index (χ0v) is 12.2. The first kappa shape index (κ1) is 14.7. The normalized spacial score (nSPS) is 15.3. The maximum absolute atomic E-state index is 12.4. The number of nitro groups is 1. The second-order valence-corrected chi connectivity index (χ2v) is 6.72. The van der Waals surface area contributed by atoms with E-state index in [4.69, 9.17) is 0 Å². The maximum Gasteiger partial charge on any atom is 0.292 e. The van der Waals surface area contributed by atoms with Gasteiger partial charge in [-0.1, -0.05) is 0 Å². The van der Waals surface area contributed by atoms with Gasteiger partial charge < -0.3 is 5.32 Å². The van der Waals surface area contributed by atoms with Crippen LogP contribution < -0.4 is 5.32 Å². The van der Waals surface area contributed by atoms with Crippen molar-refractivity contribution in [2.24, 2.45) is 0 Å². The zero-order chi connectivity index (χ0) is 14.9. The Hall–Kier alpha value is -1.67. The van der Waals surface area contributed by atoms with E-state index < -0.39 is 14.9 Å². The quantitative estimate of drug-likeness (QED) is 0.638. The van der Waals surface area contributed by atoms with E-state index in [0.29, 0.717) is 6.54 Å². The van der Waals surface area contributed by atoms with Crippen molar-refractivity contribution < 1.29 is 13.3 Å². The second-order valence-electron chi connectivity index (χ2n) is 4.72. The number of nitrogens with zero attached hydrogens (tertiary/aromatic N) is 2. The van der Waals surface area contributed by atoms with Gasteiger partial charge in [-0.05, 0) is 31.9 Å². The highest BCUT2D eigenvalue weighted by Gasteiger charge is 2.35. The minimum atomic E-state index is -3.59. The van der Waals surface area contributed by atoms with Gasteiger partial charge in [0.25, 0.3) is 5.69 Å². The van der Waals surface area contributed by atoms with E-state index >= 15 is 0 Å². The molecule has 0 unspecified atom stereocenters. The first-order valence-electron chi connectivity index (χ1n) is 6.38. The van der Waals surface area contributed by atoms with Crippen molar-refractivity contribution in [3.8, 4) is 0 Å². The molecule has 0 heterocycles. The second kappa shape index (κ2) is 5.37. The standard InChI is InChI=1S/C12H17N3O4S/c1-3-13-11-8-10(6-7-12(11)15(16)17)20(18,19)14(2)9-4-5-9/h6-9,13H,3-5H2,1-2H3. The molecule has 1 fully saturated rings. The van der Waals surface area contributed by atoms with Gasteiger partial charge in [0.1, 0.15) is 5.69 Å². The lowest BCUT2D eigenvalue weighted by atomic mass is 10.2. The molecule has 0 amide bonds. The Balaban J connectivity index is 2.42. The first-order valence-corrected chi connectivity index (χ1v) is 7.82. The molecule has 1 aromatic rings. The Labute approximate surface area is 117 Å². The lowest BCUT2D eigenvalue weighted by Crippen LogP contribution is -2.29. The number of rotatable bonds is 6. The largest absolute Gasteiger partial charge is 0.380 e. The fourth-order valence-corrected chi connectivity index (χ4v) is 3.41. The number of hydrogen-bond acceptors (Lipinski definition) is 5. The van der Waals surface area contributed by atoms with Crippen molar-refractivity contribution in [1.82, 2.24) is 4.31 Å². The van der Waals surface area contributed by atoms with Crippen molar-refractivity contribution in [3.05, 3.63) is 28.3 Å². The van der Waals surface area contributed by atoms with E-state index in [1.165, 1.54) is 22.5 Å². The molecule has 0 saturated heterocycles. The molecule has 1 aromatic carbocycles. The summed E-state index contributed by atoms with van der Waals surface area (Å²) in [7, 11) is -2.05. The maximum atomic E-state index is 12.4. The van der Waals surface area contributed by atoms with Crippen LogP contribution in [0.1, 0.15) is 19.8 Å². The molecule has 7 nitrogen and oxygen atoms in total. The van der Waals surface area contributed by atoms with E-state index in [1.54, 1.807) is 14.0 Å². The summed E-state index contributed by atoms with van der Waals surface area (Å²) in [6, 6.07) is 3.90. The van der Waals surface area contributed by atoms with Crippen molar-refractivity contribution in [2.75, 3.05) is 18.9 Å². The highest BCUT2D eigenvalue weighted by Crippen LogP contribution is 2.33. The molecule has 110 valence electrons. The van der Waals surface area contributed by atoms with Crippen molar-refractivity contribution in [1.29, 1.82) is 0 Å². The van der Waals surface area contributed by atoms with E-state index in [2.05, 4.69) is 5.32 Å². The highest BCUT2D eigenvalue weighted by atomic mass is 32.2. The fraction of sp³-hybridized carbons (Fsp3) is 0.500. The summed E-state index contributed by atoms with van der Waals surface area (Å²) < 4.78 is 26.1. The molecule has 0 spiro atoms. The number of benzene rings is 1. The topological polar surface area (TPSA) is 92.6 Å². The van der Waals surface area contributed by atoms with Crippen molar-refractivity contribution in [2.45, 2.75) is 30.7 Å². The van der Waals surface area contributed by atoms with Crippen LogP contribution in [0.5, 0.6) is 0 Å². The molecule has 1 saturated carbocycles. The van der Waals surface area contributed by atoms with Crippen LogP contribution in [-0.2, 0) is 10.0 Å². The summed E-state index contributed by atoms with van der Waals surface area (Å²) in [6.07, 6.45) is 1.73. The van der Waals surface area contributed by atoms with Crippen molar-refractivity contribution in [3.63, 3.8) is 0 Å². The number of nitro benzene ring substituents is 1. The van der Waals surface area contributed by atoms with Crippen LogP contribution in [0.15, 0.2) is 23.1 Å². The summed E-state index contributed by atoms with van der Waals surface area (Å²) >= 11 is 0. The van der Waals surface area contributed by atoms with Crippen LogP contribution in [0.4, 0.5) is 11.4 Å². The lowest BCUT2D eigenvalue weighted by Gasteiger charge is -2.17. The molecule has 0 aromatic heterocycles. The third-order valence-corrected chi connectivity index (χ3v) is 5.18. The molecule has 1 N–H and O–H groups in total. The van der Waals surface area contributed by atoms with Crippen LogP contribution in [0, 0.1) is 10.1 Å². The van der Waals surface area contributed by atoms with Gasteiger partial charge in [0.15, 0.2) is 0 Å². The van der Waals surface area contributed by atoms with Gasteiger partial charge in [-0.3, -0.25) is 10.1 Å². The van der Waals surface area contributed by atoms with E-state index in [9.17, 15) is 18.5 Å². The van der Waals surface area contributed by atoms with Gasteiger partial charge >= 0.3 is 0 Å². The molecular weight excluding hydrogens is 282 g/mol. The SMILES string of the molecule is CCNc1cc(S(=O)(=O)N(C)C2CC2)ccc1[N+](=O)[O-]. The predicted octanol–water partition coefficient (Wildman–Crippen LogP) is 1.81. The van der Waals surface area contributed by atoms with Gasteiger partial charge in [-0.15, -0.1) is 0 Å². The number of anilines is 1. The van der Waals surface area contributed by atoms with E-state index in [1.807, 2.05) is 0 Å². The van der Waals surface area contributed by atoms with E-state index in [0.717, 1.165) is 12.8 Å². The third kappa shape index (κ3) is 2.75. The summed E-state index contributed by atoms with van der Waals surface area (Å²) in [5, 5.41) is 13.7. The summed E-state index contributed by atoms with van der Waals surface area (Å²) in [5.41, 5.74) is 0.0997. The summed E-state index contributed by atoms with van der Waals surface area (Å²) in [5.74, 6) is 0. The van der Waals surface area contributed by atoms with Gasteiger partial charge in [-0.25, -0.2) is 8.42 Å². The first-order chi connectivity index (χ1) is 9.37. The molecule has 1 aliphatic rings. The molecule has 20 heavy (non-hydrogen) atoms. The smallest absolute Gasteiger partial charge is 0.292 e. The average Bonchev–Trinajstić information content (AvgIpc) is 3.22. The minimum Gasteiger partial charge on any atom is -0.380 e. The fourth-order valence-electron chi connectivity index (χ4n) is 1.97. The van der Waals surface area contributed by atoms with Gasteiger partial charge in [-0.2, -0.15) is 4.31 Å². The predicted molar refractivity (Wildman–Crippen MR) is 75.2 cm³/mol. The molecule has 1 aliphatic carbocycles. The van der Waals surface area contributed by atoms with Crippen LogP contribution in [-0.4, -0.2) is 37.3 Å². The Morgan fingerprint density at radius 3 is 2.60 bits per heavy atom. The molecule has 8 heteroatoms. The Morgan fingerprint density at radius 2 is 2.10 bits per heavy atom. The average molecular weight is 299 g/mol. The molecule has 0 bridgehead atoms. The third-order valence-electron chi connectivity index (χ3n) is 3.27. The van der Waals surface area contributed by atoms with Gasteiger partial charge in [0.05, 0.1) is 9.82 Å². The monoisotopic (exact) mass is 299 g/mol. The Kier molecular flexibility index (Phi) is 3.96. The Bertz CT molecular complexity index is 626.